The highest BCUT2D eigenvalue weighted by atomic mass is 16.2. The summed E-state index contributed by atoms with van der Waals surface area (Å²) < 4.78 is 2.07. The van der Waals surface area contributed by atoms with Crippen LogP contribution in [0.25, 0.3) is 0 Å². The standard InChI is InChI=1S/C13H15N5O2/c19-11-4-3-10(16-17-11)13(20)15-6-8-18-7-5-14-12(18)9-1-2-9/h3-5,7,9H,1-2,6,8H2,(H,15,20)(H,17,19). The van der Waals surface area contributed by atoms with Gasteiger partial charge in [-0.3, -0.25) is 9.59 Å². The average molecular weight is 273 g/mol. The van der Waals surface area contributed by atoms with Crippen molar-refractivity contribution >= 4 is 5.91 Å². The van der Waals surface area contributed by atoms with E-state index in [1.165, 1.54) is 25.0 Å². The molecule has 1 aliphatic carbocycles. The van der Waals surface area contributed by atoms with Crippen LogP contribution in [0, 0.1) is 0 Å². The van der Waals surface area contributed by atoms with Crippen LogP contribution in [0.2, 0.25) is 0 Å². The Kier molecular flexibility index (Phi) is 3.32. The van der Waals surface area contributed by atoms with Crippen molar-refractivity contribution in [2.24, 2.45) is 0 Å². The summed E-state index contributed by atoms with van der Waals surface area (Å²) in [5, 5.41) is 8.69. The topological polar surface area (TPSA) is 92.7 Å². The second-order valence-corrected chi connectivity index (χ2v) is 4.82. The zero-order valence-electron chi connectivity index (χ0n) is 10.9. The van der Waals surface area contributed by atoms with Gasteiger partial charge in [0.1, 0.15) is 11.5 Å². The van der Waals surface area contributed by atoms with Crippen LogP contribution in [-0.4, -0.2) is 32.2 Å². The first-order valence-electron chi connectivity index (χ1n) is 6.59. The number of aromatic nitrogens is 4. The Morgan fingerprint density at radius 2 is 2.30 bits per heavy atom. The summed E-state index contributed by atoms with van der Waals surface area (Å²) in [5.41, 5.74) is -0.119. The van der Waals surface area contributed by atoms with E-state index < -0.39 is 0 Å². The fraction of sp³-hybridized carbons (Fsp3) is 0.385. The number of rotatable bonds is 5. The quantitative estimate of drug-likeness (QED) is 0.818. The van der Waals surface area contributed by atoms with Crippen LogP contribution in [-0.2, 0) is 6.54 Å². The summed E-state index contributed by atoms with van der Waals surface area (Å²) >= 11 is 0. The second-order valence-electron chi connectivity index (χ2n) is 4.82. The third kappa shape index (κ3) is 2.76. The SMILES string of the molecule is O=C(NCCn1ccnc1C1CC1)c1ccc(=O)[nH]n1. The molecule has 2 heterocycles. The van der Waals surface area contributed by atoms with Gasteiger partial charge in [0, 0.05) is 37.5 Å². The van der Waals surface area contributed by atoms with Gasteiger partial charge in [-0.25, -0.2) is 10.1 Å². The minimum absolute atomic E-state index is 0.206. The molecule has 7 nitrogen and oxygen atoms in total. The summed E-state index contributed by atoms with van der Waals surface area (Å²) in [6.45, 7) is 1.18. The van der Waals surface area contributed by atoms with E-state index in [2.05, 4.69) is 25.1 Å². The van der Waals surface area contributed by atoms with E-state index in [-0.39, 0.29) is 17.2 Å². The number of carbonyl (C=O) groups excluding carboxylic acids is 1. The molecule has 0 spiro atoms. The summed E-state index contributed by atoms with van der Waals surface area (Å²) in [6.07, 6.45) is 6.12. The molecule has 1 amide bonds. The van der Waals surface area contributed by atoms with Crippen molar-refractivity contribution in [2.45, 2.75) is 25.3 Å². The Bertz CT molecular complexity index is 651. The van der Waals surface area contributed by atoms with Crippen LogP contribution >= 0.6 is 0 Å². The van der Waals surface area contributed by atoms with E-state index in [0.29, 0.717) is 19.0 Å². The number of imidazole rings is 1. The molecule has 0 bridgehead atoms. The lowest BCUT2D eigenvalue weighted by atomic mass is 10.3. The van der Waals surface area contributed by atoms with Gasteiger partial charge in [-0.1, -0.05) is 0 Å². The number of hydrogen-bond acceptors (Lipinski definition) is 4. The molecule has 2 N–H and O–H groups in total. The Labute approximate surface area is 115 Å². The zero-order chi connectivity index (χ0) is 13.9. The van der Waals surface area contributed by atoms with E-state index in [9.17, 15) is 9.59 Å². The van der Waals surface area contributed by atoms with E-state index in [1.54, 1.807) is 6.20 Å². The fourth-order valence-electron chi connectivity index (χ4n) is 2.06. The van der Waals surface area contributed by atoms with Gasteiger partial charge in [0.2, 0.25) is 0 Å². The Hall–Kier alpha value is -2.44. The van der Waals surface area contributed by atoms with Gasteiger partial charge in [-0.05, 0) is 18.9 Å². The Morgan fingerprint density at radius 1 is 1.45 bits per heavy atom. The van der Waals surface area contributed by atoms with E-state index in [4.69, 9.17) is 0 Å². The molecule has 20 heavy (non-hydrogen) atoms. The highest BCUT2D eigenvalue weighted by molar-refractivity contribution is 5.91. The van der Waals surface area contributed by atoms with Crippen molar-refractivity contribution in [3.05, 3.63) is 46.4 Å². The van der Waals surface area contributed by atoms with E-state index in [1.807, 2.05) is 6.20 Å². The minimum Gasteiger partial charge on any atom is -0.349 e. The van der Waals surface area contributed by atoms with Crippen molar-refractivity contribution in [1.29, 1.82) is 0 Å². The van der Waals surface area contributed by atoms with Gasteiger partial charge < -0.3 is 9.88 Å². The largest absolute Gasteiger partial charge is 0.349 e. The predicted molar refractivity (Wildman–Crippen MR) is 71.4 cm³/mol. The monoisotopic (exact) mass is 273 g/mol. The van der Waals surface area contributed by atoms with Gasteiger partial charge in [-0.2, -0.15) is 5.10 Å². The third-order valence-corrected chi connectivity index (χ3v) is 3.24. The molecule has 3 rings (SSSR count). The lowest BCUT2D eigenvalue weighted by molar-refractivity contribution is 0.0946. The van der Waals surface area contributed by atoms with Gasteiger partial charge in [0.25, 0.3) is 11.5 Å². The molecule has 2 aromatic rings. The smallest absolute Gasteiger partial charge is 0.271 e. The Balaban J connectivity index is 1.54. The molecule has 0 radical (unpaired) electrons. The number of nitrogens with one attached hydrogen (secondary N) is 2. The summed E-state index contributed by atoms with van der Waals surface area (Å²) in [7, 11) is 0. The average Bonchev–Trinajstić information content (AvgIpc) is 3.19. The van der Waals surface area contributed by atoms with Crippen LogP contribution in [0.1, 0.15) is 35.1 Å². The number of carbonyl (C=O) groups is 1. The molecular formula is C13H15N5O2. The maximum absolute atomic E-state index is 11.8. The molecule has 0 atom stereocenters. The van der Waals surface area contributed by atoms with Crippen LogP contribution in [0.5, 0.6) is 0 Å². The van der Waals surface area contributed by atoms with Gasteiger partial charge in [-0.15, -0.1) is 0 Å². The first-order valence-corrected chi connectivity index (χ1v) is 6.59. The molecule has 1 saturated carbocycles. The maximum Gasteiger partial charge on any atom is 0.271 e. The molecule has 0 aliphatic heterocycles. The van der Waals surface area contributed by atoms with Gasteiger partial charge in [0.05, 0.1) is 0 Å². The van der Waals surface area contributed by atoms with Crippen molar-refractivity contribution in [1.82, 2.24) is 25.1 Å². The molecule has 2 aromatic heterocycles. The predicted octanol–water partition coefficient (Wildman–Crippen LogP) is 0.274. The molecule has 0 unspecified atom stereocenters. The molecule has 7 heteroatoms. The first kappa shape index (κ1) is 12.6. The molecule has 1 fully saturated rings. The lowest BCUT2D eigenvalue weighted by Gasteiger charge is -2.08. The minimum atomic E-state index is -0.325. The van der Waals surface area contributed by atoms with Gasteiger partial charge in [0.15, 0.2) is 0 Å². The second kappa shape index (κ2) is 5.28. The summed E-state index contributed by atoms with van der Waals surface area (Å²) in [6, 6.07) is 2.68. The zero-order valence-corrected chi connectivity index (χ0v) is 10.9. The number of amides is 1. The van der Waals surface area contributed by atoms with Crippen LogP contribution in [0.15, 0.2) is 29.3 Å². The normalized spacial score (nSPS) is 14.2. The van der Waals surface area contributed by atoms with Crippen LogP contribution in [0.4, 0.5) is 0 Å². The van der Waals surface area contributed by atoms with Crippen molar-refractivity contribution < 1.29 is 4.79 Å². The summed E-state index contributed by atoms with van der Waals surface area (Å²) in [4.78, 5) is 27.0. The van der Waals surface area contributed by atoms with Crippen LogP contribution < -0.4 is 10.9 Å². The van der Waals surface area contributed by atoms with Crippen molar-refractivity contribution in [3.63, 3.8) is 0 Å². The summed E-state index contributed by atoms with van der Waals surface area (Å²) in [5.74, 6) is 1.39. The highest BCUT2D eigenvalue weighted by Crippen LogP contribution is 2.38. The Morgan fingerprint density at radius 3 is 3.00 bits per heavy atom. The molecule has 0 aromatic carbocycles. The van der Waals surface area contributed by atoms with Crippen molar-refractivity contribution in [3.8, 4) is 0 Å². The highest BCUT2D eigenvalue weighted by Gasteiger charge is 2.27. The molecule has 1 aliphatic rings. The van der Waals surface area contributed by atoms with E-state index >= 15 is 0 Å². The third-order valence-electron chi connectivity index (χ3n) is 3.24. The number of H-pyrrole nitrogens is 1. The molecule has 104 valence electrons. The molecule has 0 saturated heterocycles. The van der Waals surface area contributed by atoms with Crippen molar-refractivity contribution in [2.75, 3.05) is 6.54 Å². The first-order chi connectivity index (χ1) is 9.74. The lowest BCUT2D eigenvalue weighted by Crippen LogP contribution is -2.29. The molecular weight excluding hydrogens is 258 g/mol. The number of hydrogen-bond donors (Lipinski definition) is 2. The number of nitrogens with zero attached hydrogens (tertiary/aromatic N) is 3. The van der Waals surface area contributed by atoms with E-state index in [0.717, 1.165) is 5.82 Å². The fourth-order valence-corrected chi connectivity index (χ4v) is 2.06. The van der Waals surface area contributed by atoms with Gasteiger partial charge >= 0.3 is 0 Å². The number of aromatic amines is 1. The van der Waals surface area contributed by atoms with Crippen LogP contribution in [0.3, 0.4) is 0 Å². The maximum atomic E-state index is 11.8.